The van der Waals surface area contributed by atoms with Crippen molar-refractivity contribution < 1.29 is 24.2 Å². The van der Waals surface area contributed by atoms with Gasteiger partial charge in [-0.1, -0.05) is 53.5 Å². The van der Waals surface area contributed by atoms with Gasteiger partial charge < -0.3 is 19.5 Å². The minimum absolute atomic E-state index is 0.0640. The molecule has 0 aromatic heterocycles. The maximum absolute atomic E-state index is 12.9. The molecule has 2 aromatic rings. The fourth-order valence-electron chi connectivity index (χ4n) is 3.51. The van der Waals surface area contributed by atoms with E-state index in [1.165, 1.54) is 12.0 Å². The molecule has 1 aliphatic rings. The summed E-state index contributed by atoms with van der Waals surface area (Å²) in [6, 6.07) is 13.6. The fourth-order valence-corrected chi connectivity index (χ4v) is 3.78. The molecule has 1 heterocycles. The quantitative estimate of drug-likeness (QED) is 0.240. The Kier molecular flexibility index (Phi) is 7.87. The average molecular weight is 488 g/mol. The largest absolute Gasteiger partial charge is 0.507 e. The molecule has 7 heteroatoms. The minimum Gasteiger partial charge on any atom is -0.507 e. The van der Waals surface area contributed by atoms with Crippen molar-refractivity contribution in [2.75, 3.05) is 26.9 Å². The van der Waals surface area contributed by atoms with Gasteiger partial charge in [-0.05, 0) is 36.2 Å². The first-order valence-electron chi connectivity index (χ1n) is 10.2. The minimum atomic E-state index is -0.709. The Bertz CT molecular complexity index is 970. The van der Waals surface area contributed by atoms with E-state index in [0.29, 0.717) is 17.9 Å². The molecule has 0 bridgehead atoms. The van der Waals surface area contributed by atoms with Gasteiger partial charge in [-0.3, -0.25) is 9.59 Å². The molecule has 1 unspecified atom stereocenters. The van der Waals surface area contributed by atoms with Crippen LogP contribution in [0.4, 0.5) is 0 Å². The maximum atomic E-state index is 12.9. The van der Waals surface area contributed by atoms with Crippen molar-refractivity contribution in [1.29, 1.82) is 0 Å². The molecule has 2 aromatic carbocycles. The number of ether oxygens (including phenoxy) is 2. The molecule has 0 aliphatic carbocycles. The van der Waals surface area contributed by atoms with Gasteiger partial charge >= 0.3 is 0 Å². The van der Waals surface area contributed by atoms with Crippen LogP contribution in [0.25, 0.3) is 5.76 Å². The average Bonchev–Trinajstić information content (AvgIpc) is 3.03. The summed E-state index contributed by atoms with van der Waals surface area (Å²) < 4.78 is 11.7. The van der Waals surface area contributed by atoms with Crippen LogP contribution < -0.4 is 4.74 Å². The number of carbonyl (C=O) groups is 2. The van der Waals surface area contributed by atoms with Gasteiger partial charge in [0.2, 0.25) is 0 Å². The van der Waals surface area contributed by atoms with Crippen molar-refractivity contribution in [3.63, 3.8) is 0 Å². The zero-order chi connectivity index (χ0) is 22.4. The number of benzene rings is 2. The molecule has 1 atom stereocenters. The smallest absolute Gasteiger partial charge is 0.295 e. The van der Waals surface area contributed by atoms with Crippen LogP contribution in [0.3, 0.4) is 0 Å². The fraction of sp³-hybridized carbons (Fsp3) is 0.333. The Labute approximate surface area is 190 Å². The summed E-state index contributed by atoms with van der Waals surface area (Å²) in [6.45, 7) is 3.16. The molecule has 1 saturated heterocycles. The number of ketones is 1. The van der Waals surface area contributed by atoms with Crippen molar-refractivity contribution in [3.05, 3.63) is 69.7 Å². The van der Waals surface area contributed by atoms with Crippen LogP contribution in [0.1, 0.15) is 36.9 Å². The number of hydrogen-bond acceptors (Lipinski definition) is 5. The van der Waals surface area contributed by atoms with Crippen LogP contribution in [0, 0.1) is 0 Å². The summed E-state index contributed by atoms with van der Waals surface area (Å²) in [5.74, 6) is -0.973. The molecule has 0 spiro atoms. The number of aliphatic hydroxyl groups excluding tert-OH is 1. The highest BCUT2D eigenvalue weighted by Gasteiger charge is 2.45. The summed E-state index contributed by atoms with van der Waals surface area (Å²) in [5, 5.41) is 11.1. The second kappa shape index (κ2) is 10.6. The van der Waals surface area contributed by atoms with Crippen molar-refractivity contribution >= 4 is 33.4 Å². The number of unbranched alkanes of at least 4 members (excludes halogenated alkanes) is 1. The number of halogens is 1. The third-order valence-corrected chi connectivity index (χ3v) is 5.66. The summed E-state index contributed by atoms with van der Waals surface area (Å²) in [6.07, 6.45) is 1.93. The third kappa shape index (κ3) is 5.17. The molecular weight excluding hydrogens is 462 g/mol. The van der Waals surface area contributed by atoms with Crippen LogP contribution in [-0.4, -0.2) is 48.6 Å². The van der Waals surface area contributed by atoms with Crippen LogP contribution in [0.15, 0.2) is 58.6 Å². The highest BCUT2D eigenvalue weighted by molar-refractivity contribution is 9.10. The Morgan fingerprint density at radius 2 is 1.87 bits per heavy atom. The highest BCUT2D eigenvalue weighted by Crippen LogP contribution is 2.39. The maximum Gasteiger partial charge on any atom is 0.295 e. The first-order valence-corrected chi connectivity index (χ1v) is 11.0. The molecule has 1 fully saturated rings. The van der Waals surface area contributed by atoms with Gasteiger partial charge in [0, 0.05) is 23.7 Å². The molecule has 1 amide bonds. The number of amides is 1. The van der Waals surface area contributed by atoms with Gasteiger partial charge in [0.15, 0.2) is 0 Å². The lowest BCUT2D eigenvalue weighted by molar-refractivity contribution is -0.140. The Hall–Kier alpha value is -2.64. The first kappa shape index (κ1) is 23.0. The lowest BCUT2D eigenvalue weighted by atomic mass is 9.95. The van der Waals surface area contributed by atoms with E-state index in [4.69, 9.17) is 9.47 Å². The lowest BCUT2D eigenvalue weighted by Crippen LogP contribution is -2.32. The van der Waals surface area contributed by atoms with Gasteiger partial charge in [-0.2, -0.15) is 0 Å². The Balaban J connectivity index is 2.05. The molecule has 0 saturated carbocycles. The van der Waals surface area contributed by atoms with Crippen molar-refractivity contribution in [2.24, 2.45) is 0 Å². The zero-order valence-electron chi connectivity index (χ0n) is 17.6. The van der Waals surface area contributed by atoms with Gasteiger partial charge in [-0.25, -0.2) is 0 Å². The number of hydrogen-bond donors (Lipinski definition) is 1. The molecule has 164 valence electrons. The van der Waals surface area contributed by atoms with E-state index in [1.54, 1.807) is 24.3 Å². The number of methoxy groups -OCH3 is 1. The lowest BCUT2D eigenvalue weighted by Gasteiger charge is -2.25. The van der Waals surface area contributed by atoms with E-state index < -0.39 is 17.7 Å². The second-order valence-electron chi connectivity index (χ2n) is 7.27. The van der Waals surface area contributed by atoms with Crippen LogP contribution >= 0.6 is 15.9 Å². The van der Waals surface area contributed by atoms with E-state index >= 15 is 0 Å². The van der Waals surface area contributed by atoms with E-state index in [2.05, 4.69) is 22.9 Å². The molecule has 31 heavy (non-hydrogen) atoms. The first-order chi connectivity index (χ1) is 15.0. The van der Waals surface area contributed by atoms with Gasteiger partial charge in [0.25, 0.3) is 11.7 Å². The van der Waals surface area contributed by atoms with E-state index in [9.17, 15) is 14.7 Å². The number of aliphatic hydroxyl groups is 1. The molecule has 0 radical (unpaired) electrons. The second-order valence-corrected chi connectivity index (χ2v) is 8.18. The number of nitrogens with zero attached hydrogens (tertiary/aromatic N) is 1. The normalized spacial score (nSPS) is 17.9. The van der Waals surface area contributed by atoms with E-state index in [0.717, 1.165) is 22.9 Å². The highest BCUT2D eigenvalue weighted by atomic mass is 79.9. The van der Waals surface area contributed by atoms with Crippen LogP contribution in [-0.2, 0) is 14.3 Å². The SMILES string of the molecule is CCCCOc1cccc(C(O)=C2C(=O)C(=O)N(CCOC)C2c2ccc(Br)cc2)c1. The molecular formula is C24H26BrNO5. The van der Waals surface area contributed by atoms with Gasteiger partial charge in [-0.15, -0.1) is 0 Å². The molecule has 6 nitrogen and oxygen atoms in total. The summed E-state index contributed by atoms with van der Waals surface area (Å²) in [4.78, 5) is 27.2. The topological polar surface area (TPSA) is 76.1 Å². The summed E-state index contributed by atoms with van der Waals surface area (Å²) in [5.41, 5.74) is 1.23. The van der Waals surface area contributed by atoms with Gasteiger partial charge in [0.1, 0.15) is 11.5 Å². The number of likely N-dealkylation sites (tertiary alicyclic amines) is 1. The molecule has 1 aliphatic heterocycles. The predicted octanol–water partition coefficient (Wildman–Crippen LogP) is 4.70. The third-order valence-electron chi connectivity index (χ3n) is 5.14. The van der Waals surface area contributed by atoms with Crippen molar-refractivity contribution in [1.82, 2.24) is 4.90 Å². The Morgan fingerprint density at radius 3 is 2.55 bits per heavy atom. The van der Waals surface area contributed by atoms with Gasteiger partial charge in [0.05, 0.1) is 24.8 Å². The number of rotatable bonds is 9. The summed E-state index contributed by atoms with van der Waals surface area (Å²) in [7, 11) is 1.54. The van der Waals surface area contributed by atoms with Crippen molar-refractivity contribution in [3.8, 4) is 5.75 Å². The van der Waals surface area contributed by atoms with E-state index in [-0.39, 0.29) is 24.5 Å². The standard InChI is InChI=1S/C24H26BrNO5/c1-3-4-13-31-19-7-5-6-17(15-19)22(27)20-21(16-8-10-18(25)11-9-16)26(12-14-30-2)24(29)23(20)28/h5-11,15,21,27H,3-4,12-14H2,1-2H3. The monoisotopic (exact) mass is 487 g/mol. The number of Topliss-reactive ketones (excluding diaryl/α,β-unsaturated/α-hetero) is 1. The van der Waals surface area contributed by atoms with Crippen LogP contribution in [0.5, 0.6) is 5.75 Å². The van der Waals surface area contributed by atoms with Crippen molar-refractivity contribution in [2.45, 2.75) is 25.8 Å². The Morgan fingerprint density at radius 1 is 1.13 bits per heavy atom. The number of carbonyl (C=O) groups excluding carboxylic acids is 2. The molecule has 3 rings (SSSR count). The summed E-state index contributed by atoms with van der Waals surface area (Å²) >= 11 is 3.41. The zero-order valence-corrected chi connectivity index (χ0v) is 19.2. The predicted molar refractivity (Wildman–Crippen MR) is 122 cm³/mol. The van der Waals surface area contributed by atoms with Crippen LogP contribution in [0.2, 0.25) is 0 Å². The van der Waals surface area contributed by atoms with E-state index in [1.807, 2.05) is 24.3 Å². The molecule has 1 N–H and O–H groups in total.